The zero-order valence-corrected chi connectivity index (χ0v) is 28.9. The Morgan fingerprint density at radius 1 is 1.02 bits per heavy atom. The Bertz CT molecular complexity index is 1690. The molecule has 0 saturated heterocycles. The van der Waals surface area contributed by atoms with Gasteiger partial charge in [0.1, 0.15) is 0 Å². The number of benzene rings is 2. The van der Waals surface area contributed by atoms with Crippen LogP contribution in [0.2, 0.25) is 0 Å². The van der Waals surface area contributed by atoms with Crippen LogP contribution in [0.4, 0.5) is 0 Å². The van der Waals surface area contributed by atoms with Crippen LogP contribution in [0, 0.1) is 35.0 Å². The first kappa shape index (κ1) is 31.3. The highest BCUT2D eigenvalue weighted by molar-refractivity contribution is 9.10. The van der Waals surface area contributed by atoms with E-state index in [0.717, 1.165) is 40.7 Å². The molecule has 3 saturated carbocycles. The average Bonchev–Trinajstić information content (AvgIpc) is 3.37. The van der Waals surface area contributed by atoms with E-state index < -0.39 is 5.97 Å². The summed E-state index contributed by atoms with van der Waals surface area (Å²) in [6.07, 6.45) is 13.7. The highest BCUT2D eigenvalue weighted by Gasteiger charge is 2.65. The van der Waals surface area contributed by atoms with Gasteiger partial charge in [0, 0.05) is 39.8 Å². The molecule has 4 aliphatic carbocycles. The minimum Gasteiger partial charge on any atom is -0.504 e. The Kier molecular flexibility index (Phi) is 7.39. The maximum absolute atomic E-state index is 11.0. The summed E-state index contributed by atoms with van der Waals surface area (Å²) >= 11 is 3.64. The lowest BCUT2D eigenvalue weighted by Gasteiger charge is -2.69. The third kappa shape index (κ3) is 4.40. The third-order valence-electron chi connectivity index (χ3n) is 13.1. The number of aromatic amines is 1. The summed E-state index contributed by atoms with van der Waals surface area (Å²) in [5.74, 6) is 0.734. The normalized spacial score (nSPS) is 35.7. The molecule has 4 N–H and O–H groups in total. The van der Waals surface area contributed by atoms with Crippen molar-refractivity contribution in [3.05, 3.63) is 68.8 Å². The van der Waals surface area contributed by atoms with E-state index in [4.69, 9.17) is 9.90 Å². The van der Waals surface area contributed by atoms with Crippen molar-refractivity contribution >= 4 is 32.8 Å². The first-order valence-electron chi connectivity index (χ1n) is 16.3. The number of aliphatic carboxylic acids is 1. The molecule has 44 heavy (non-hydrogen) atoms. The summed E-state index contributed by atoms with van der Waals surface area (Å²) in [5, 5.41) is 30.6. The molecule has 7 rings (SSSR count). The lowest BCUT2D eigenvalue weighted by Crippen LogP contribution is -2.61. The van der Waals surface area contributed by atoms with Crippen LogP contribution in [0.1, 0.15) is 115 Å². The van der Waals surface area contributed by atoms with E-state index >= 15 is 0 Å². The number of carboxylic acid groups (broad SMARTS) is 1. The Hall–Kier alpha value is -2.73. The second kappa shape index (κ2) is 10.4. The molecule has 0 bridgehead atoms. The number of carbonyl (C=O) groups is 1. The lowest BCUT2D eigenvalue weighted by atomic mass is 9.35. The van der Waals surface area contributed by atoms with Crippen molar-refractivity contribution in [2.24, 2.45) is 28.1 Å². The summed E-state index contributed by atoms with van der Waals surface area (Å²) in [5.41, 5.74) is 7.70. The van der Waals surface area contributed by atoms with E-state index in [1.165, 1.54) is 60.6 Å². The molecule has 6 heteroatoms. The predicted molar refractivity (Wildman–Crippen MR) is 180 cm³/mol. The number of carboxylic acids is 1. The second-order valence-corrected chi connectivity index (χ2v) is 16.4. The minimum atomic E-state index is -0.833. The van der Waals surface area contributed by atoms with Gasteiger partial charge in [0.15, 0.2) is 11.5 Å². The van der Waals surface area contributed by atoms with E-state index in [9.17, 15) is 10.2 Å². The molecule has 236 valence electrons. The molecule has 1 aromatic heterocycles. The summed E-state index contributed by atoms with van der Waals surface area (Å²) in [4.78, 5) is 12.5. The zero-order valence-electron chi connectivity index (χ0n) is 27.3. The molecule has 2 aromatic carbocycles. The Balaban J connectivity index is 0.000000810. The molecular formula is C38H48BrNO4. The summed E-state index contributed by atoms with van der Waals surface area (Å²) in [6.45, 7) is 15.8. The number of fused-ring (bicyclic) bond motifs is 8. The SMILES string of the molecule is CC(=O)O.Cc1c(O)c(O)cc2c1[C@H](c1c[nH]c3cc(Br)ccc13)C=C1[C@@]2(C)CC[C@@]2(C)[C@@H]3C[C@@H](C)CCC3(C)CC[C@]12C. The number of aromatic hydroxyl groups is 2. The van der Waals surface area contributed by atoms with Gasteiger partial charge in [-0.05, 0) is 114 Å². The molecule has 3 aromatic rings. The number of nitrogens with one attached hydrogen (secondary N) is 1. The number of halogens is 1. The zero-order chi connectivity index (χ0) is 32.0. The number of hydrogen-bond donors (Lipinski definition) is 4. The molecule has 4 aliphatic rings. The number of H-pyrrole nitrogens is 1. The van der Waals surface area contributed by atoms with Crippen LogP contribution in [0.25, 0.3) is 10.9 Å². The molecular weight excluding hydrogens is 614 g/mol. The van der Waals surface area contributed by atoms with Gasteiger partial charge in [0.2, 0.25) is 0 Å². The fourth-order valence-corrected chi connectivity index (χ4v) is 10.8. The number of rotatable bonds is 1. The van der Waals surface area contributed by atoms with Crippen molar-refractivity contribution in [2.75, 3.05) is 0 Å². The molecule has 1 unspecified atom stereocenters. The maximum atomic E-state index is 11.0. The number of phenolic OH excluding ortho intramolecular Hbond substituents is 2. The van der Waals surface area contributed by atoms with E-state index in [2.05, 4.69) is 86.0 Å². The van der Waals surface area contributed by atoms with E-state index in [1.54, 1.807) is 5.57 Å². The lowest BCUT2D eigenvalue weighted by molar-refractivity contribution is -0.145. The molecule has 5 nitrogen and oxygen atoms in total. The van der Waals surface area contributed by atoms with Gasteiger partial charge in [-0.2, -0.15) is 0 Å². The minimum absolute atomic E-state index is 0.0103. The Morgan fingerprint density at radius 3 is 2.43 bits per heavy atom. The van der Waals surface area contributed by atoms with E-state index in [0.29, 0.717) is 5.41 Å². The average molecular weight is 663 g/mol. The summed E-state index contributed by atoms with van der Waals surface area (Å²) in [6, 6.07) is 8.37. The summed E-state index contributed by atoms with van der Waals surface area (Å²) < 4.78 is 1.06. The van der Waals surface area contributed by atoms with Gasteiger partial charge in [-0.1, -0.05) is 74.7 Å². The number of phenols is 2. The fraction of sp³-hybridized carbons (Fsp3) is 0.553. The van der Waals surface area contributed by atoms with Gasteiger partial charge < -0.3 is 20.3 Å². The van der Waals surface area contributed by atoms with Crippen molar-refractivity contribution in [3.8, 4) is 11.5 Å². The van der Waals surface area contributed by atoms with Crippen molar-refractivity contribution in [1.82, 2.24) is 4.98 Å². The van der Waals surface area contributed by atoms with Gasteiger partial charge >= 0.3 is 0 Å². The number of hydrogen-bond acceptors (Lipinski definition) is 3. The van der Waals surface area contributed by atoms with Crippen molar-refractivity contribution in [3.63, 3.8) is 0 Å². The molecule has 3 fully saturated rings. The van der Waals surface area contributed by atoms with Crippen LogP contribution >= 0.6 is 15.9 Å². The van der Waals surface area contributed by atoms with Crippen LogP contribution in [0.3, 0.4) is 0 Å². The number of aromatic nitrogens is 1. The molecule has 0 aliphatic heterocycles. The quantitative estimate of drug-likeness (QED) is 0.154. The Labute approximate surface area is 270 Å². The fourth-order valence-electron chi connectivity index (χ4n) is 10.4. The van der Waals surface area contributed by atoms with Gasteiger partial charge in [-0.15, -0.1) is 0 Å². The molecule has 7 atom stereocenters. The highest BCUT2D eigenvalue weighted by atomic mass is 79.9. The van der Waals surface area contributed by atoms with Crippen LogP contribution in [-0.4, -0.2) is 26.3 Å². The highest BCUT2D eigenvalue weighted by Crippen LogP contribution is 2.74. The first-order valence-corrected chi connectivity index (χ1v) is 17.1. The number of allylic oxidation sites excluding steroid dienone is 2. The maximum Gasteiger partial charge on any atom is 0.300 e. The third-order valence-corrected chi connectivity index (χ3v) is 13.6. The summed E-state index contributed by atoms with van der Waals surface area (Å²) in [7, 11) is 0. The van der Waals surface area contributed by atoms with Crippen molar-refractivity contribution in [2.45, 2.75) is 105 Å². The van der Waals surface area contributed by atoms with Crippen LogP contribution in [0.5, 0.6) is 11.5 Å². The predicted octanol–water partition coefficient (Wildman–Crippen LogP) is 10.1. The van der Waals surface area contributed by atoms with Gasteiger partial charge in [0.25, 0.3) is 5.97 Å². The van der Waals surface area contributed by atoms with E-state index in [1.807, 2.05) is 13.0 Å². The first-order chi connectivity index (χ1) is 20.6. The topological polar surface area (TPSA) is 93.6 Å². The molecule has 0 amide bonds. The van der Waals surface area contributed by atoms with Crippen LogP contribution < -0.4 is 0 Å². The van der Waals surface area contributed by atoms with Gasteiger partial charge in [-0.3, -0.25) is 4.79 Å². The molecule has 0 radical (unpaired) electrons. The second-order valence-electron chi connectivity index (χ2n) is 15.5. The standard InChI is InChI=1S/C36H44BrNO2.C2H4O2/c1-20-9-10-33(3)11-13-36(6)30-17-24(25-19-38-27-16-22(37)7-8-23(25)27)31-21(2)32(40)28(39)18-26(31)34(30,4)12-14-35(36,5)29(33)15-20;1-2(3)4/h7-8,16-20,24,29,38-40H,9-15H2,1-6H3;1H3,(H,3,4)/t20-,24-,29+,33?,34-,35-,36+;/m0./s1. The molecule has 0 spiro atoms. The van der Waals surface area contributed by atoms with Crippen molar-refractivity contribution in [1.29, 1.82) is 0 Å². The van der Waals surface area contributed by atoms with Crippen molar-refractivity contribution < 1.29 is 20.1 Å². The largest absolute Gasteiger partial charge is 0.504 e. The van der Waals surface area contributed by atoms with Crippen LogP contribution in [0.15, 0.2) is 46.6 Å². The smallest absolute Gasteiger partial charge is 0.300 e. The van der Waals surface area contributed by atoms with Gasteiger partial charge in [0.05, 0.1) is 0 Å². The van der Waals surface area contributed by atoms with E-state index in [-0.39, 0.29) is 33.7 Å². The van der Waals surface area contributed by atoms with Crippen LogP contribution in [-0.2, 0) is 10.2 Å². The Morgan fingerprint density at radius 2 is 1.73 bits per heavy atom. The monoisotopic (exact) mass is 661 g/mol. The van der Waals surface area contributed by atoms with Gasteiger partial charge in [-0.25, -0.2) is 0 Å². The molecule has 1 heterocycles.